The zero-order chi connectivity index (χ0) is 17.1. The normalized spacial score (nSPS) is 20.6. The monoisotopic (exact) mass is 328 g/mol. The van der Waals surface area contributed by atoms with Crippen molar-refractivity contribution >= 4 is 11.6 Å². The molecule has 2 atom stereocenters. The Bertz CT molecular complexity index is 732. The summed E-state index contributed by atoms with van der Waals surface area (Å²) in [6, 6.07) is 14.7. The van der Waals surface area contributed by atoms with Crippen molar-refractivity contribution in [2.75, 3.05) is 6.54 Å². The third-order valence-electron chi connectivity index (χ3n) is 3.63. The largest absolute Gasteiger partial charge is 0.342 e. The number of carbonyl (C=O) groups excluding carboxylic acids is 1. The van der Waals surface area contributed by atoms with Gasteiger partial charge in [-0.1, -0.05) is 18.2 Å². The minimum atomic E-state index is -0.790. The molecule has 124 valence electrons. The van der Waals surface area contributed by atoms with Gasteiger partial charge < -0.3 is 4.74 Å². The second-order valence-corrected chi connectivity index (χ2v) is 5.46. The highest BCUT2D eigenvalue weighted by atomic mass is 16.8. The van der Waals surface area contributed by atoms with Crippen LogP contribution in [0.3, 0.4) is 0 Å². The van der Waals surface area contributed by atoms with Gasteiger partial charge in [0.1, 0.15) is 0 Å². The first-order chi connectivity index (χ1) is 11.5. The number of carbonyl (C=O) groups is 1. The van der Waals surface area contributed by atoms with E-state index in [-0.39, 0.29) is 17.7 Å². The maximum atomic E-state index is 12.5. The molecule has 3 rings (SSSR count). The number of nitrogens with zero attached hydrogens (tertiary/aromatic N) is 2. The second-order valence-electron chi connectivity index (χ2n) is 5.46. The fourth-order valence-electron chi connectivity index (χ4n) is 2.42. The molecular weight excluding hydrogens is 312 g/mol. The highest BCUT2D eigenvalue weighted by molar-refractivity contribution is 5.93. The Morgan fingerprint density at radius 1 is 1.17 bits per heavy atom. The number of hydroxylamine groups is 2. The van der Waals surface area contributed by atoms with Crippen LogP contribution in [0, 0.1) is 10.1 Å². The predicted molar refractivity (Wildman–Crippen MR) is 84.9 cm³/mol. The quantitative estimate of drug-likeness (QED) is 0.639. The van der Waals surface area contributed by atoms with E-state index in [4.69, 9.17) is 9.57 Å². The van der Waals surface area contributed by atoms with Gasteiger partial charge in [0.15, 0.2) is 0 Å². The topological polar surface area (TPSA) is 81.9 Å². The molecule has 1 amide bonds. The maximum absolute atomic E-state index is 12.5. The lowest BCUT2D eigenvalue weighted by molar-refractivity contribution is -0.385. The van der Waals surface area contributed by atoms with Crippen molar-refractivity contribution in [2.24, 2.45) is 0 Å². The maximum Gasteiger partial charge on any atom is 0.277 e. The minimum absolute atomic E-state index is 0.0141. The molecule has 2 unspecified atom stereocenters. The number of nitro benzene ring substituents is 1. The lowest BCUT2D eigenvalue weighted by atomic mass is 10.2. The van der Waals surface area contributed by atoms with Crippen molar-refractivity contribution in [3.63, 3.8) is 0 Å². The molecular formula is C17H16N2O5. The number of benzene rings is 2. The molecule has 0 aromatic heterocycles. The van der Waals surface area contributed by atoms with Crippen molar-refractivity contribution < 1.29 is 19.3 Å². The van der Waals surface area contributed by atoms with Gasteiger partial charge in [0.05, 0.1) is 17.6 Å². The van der Waals surface area contributed by atoms with Gasteiger partial charge in [-0.3, -0.25) is 14.9 Å². The summed E-state index contributed by atoms with van der Waals surface area (Å²) < 4.78 is 5.70. The molecule has 0 bridgehead atoms. The SMILES string of the molecule is CC1CN(C(=O)c2ccccc2)OC(c2ccc([N+](=O)[O-])cc2)O1. The van der Waals surface area contributed by atoms with Gasteiger partial charge in [-0.15, -0.1) is 0 Å². The summed E-state index contributed by atoms with van der Waals surface area (Å²) in [7, 11) is 0. The van der Waals surface area contributed by atoms with Crippen LogP contribution in [0.4, 0.5) is 5.69 Å². The molecule has 0 radical (unpaired) electrons. The standard InChI is InChI=1S/C17H16N2O5/c1-12-11-18(16(20)13-5-3-2-4-6-13)24-17(23-12)14-7-9-15(10-8-14)19(21)22/h2-10,12,17H,11H2,1H3. The average Bonchev–Trinajstić information content (AvgIpc) is 2.61. The third kappa shape index (κ3) is 3.42. The number of hydrogen-bond acceptors (Lipinski definition) is 5. The smallest absolute Gasteiger partial charge is 0.277 e. The molecule has 24 heavy (non-hydrogen) atoms. The van der Waals surface area contributed by atoms with E-state index in [1.165, 1.54) is 17.2 Å². The van der Waals surface area contributed by atoms with E-state index in [9.17, 15) is 14.9 Å². The van der Waals surface area contributed by atoms with Gasteiger partial charge in [-0.25, -0.2) is 9.90 Å². The molecule has 1 aliphatic rings. The third-order valence-corrected chi connectivity index (χ3v) is 3.63. The summed E-state index contributed by atoms with van der Waals surface area (Å²) in [4.78, 5) is 28.4. The van der Waals surface area contributed by atoms with Crippen molar-refractivity contribution in [1.29, 1.82) is 0 Å². The first-order valence-electron chi connectivity index (χ1n) is 7.48. The lowest BCUT2D eigenvalue weighted by Crippen LogP contribution is -2.44. The van der Waals surface area contributed by atoms with Crippen LogP contribution in [0.5, 0.6) is 0 Å². The summed E-state index contributed by atoms with van der Waals surface area (Å²) in [5.74, 6) is -0.252. The summed E-state index contributed by atoms with van der Waals surface area (Å²) >= 11 is 0. The molecule has 0 aliphatic carbocycles. The number of nitro groups is 1. The second kappa shape index (κ2) is 6.77. The van der Waals surface area contributed by atoms with Crippen molar-refractivity contribution in [1.82, 2.24) is 5.06 Å². The Kier molecular flexibility index (Phi) is 4.54. The van der Waals surface area contributed by atoms with Gasteiger partial charge in [-0.05, 0) is 31.2 Å². The Morgan fingerprint density at radius 2 is 1.83 bits per heavy atom. The molecule has 0 saturated carbocycles. The Balaban J connectivity index is 1.78. The van der Waals surface area contributed by atoms with E-state index in [0.29, 0.717) is 17.7 Å². The highest BCUT2D eigenvalue weighted by Crippen LogP contribution is 2.28. The van der Waals surface area contributed by atoms with Crippen LogP contribution in [-0.2, 0) is 9.57 Å². The first kappa shape index (κ1) is 16.1. The molecule has 7 nitrogen and oxygen atoms in total. The fourth-order valence-corrected chi connectivity index (χ4v) is 2.42. The molecule has 1 saturated heterocycles. The number of hydrogen-bond donors (Lipinski definition) is 0. The van der Waals surface area contributed by atoms with Crippen LogP contribution in [0.25, 0.3) is 0 Å². The summed E-state index contributed by atoms with van der Waals surface area (Å²) in [5, 5.41) is 12.0. The number of ether oxygens (including phenoxy) is 1. The van der Waals surface area contributed by atoms with Gasteiger partial charge in [-0.2, -0.15) is 0 Å². The van der Waals surface area contributed by atoms with Crippen molar-refractivity contribution in [3.05, 3.63) is 75.8 Å². The van der Waals surface area contributed by atoms with Crippen LogP contribution in [0.15, 0.2) is 54.6 Å². The molecule has 1 heterocycles. The molecule has 1 aliphatic heterocycles. The molecule has 0 N–H and O–H groups in total. The fraction of sp³-hybridized carbons (Fsp3) is 0.235. The molecule has 0 spiro atoms. The molecule has 2 aromatic rings. The first-order valence-corrected chi connectivity index (χ1v) is 7.48. The predicted octanol–water partition coefficient (Wildman–Crippen LogP) is 3.09. The Labute approximate surface area is 138 Å². The zero-order valence-corrected chi connectivity index (χ0v) is 13.0. The van der Waals surface area contributed by atoms with E-state index in [1.807, 2.05) is 13.0 Å². The van der Waals surface area contributed by atoms with E-state index >= 15 is 0 Å². The van der Waals surface area contributed by atoms with Gasteiger partial charge in [0.25, 0.3) is 11.6 Å². The van der Waals surface area contributed by atoms with Gasteiger partial charge >= 0.3 is 0 Å². The van der Waals surface area contributed by atoms with Crippen molar-refractivity contribution in [2.45, 2.75) is 19.3 Å². The van der Waals surface area contributed by atoms with Gasteiger partial charge in [0, 0.05) is 23.3 Å². The number of amides is 1. The summed E-state index contributed by atoms with van der Waals surface area (Å²) in [6.07, 6.45) is -1.02. The molecule has 7 heteroatoms. The van der Waals surface area contributed by atoms with Gasteiger partial charge in [0.2, 0.25) is 6.29 Å². The Hall–Kier alpha value is -2.77. The van der Waals surface area contributed by atoms with E-state index < -0.39 is 11.2 Å². The van der Waals surface area contributed by atoms with E-state index in [1.54, 1.807) is 36.4 Å². The number of non-ortho nitro benzene ring substituents is 1. The molecule has 1 fully saturated rings. The highest BCUT2D eigenvalue weighted by Gasteiger charge is 2.31. The van der Waals surface area contributed by atoms with E-state index in [2.05, 4.69) is 0 Å². The number of rotatable bonds is 3. The van der Waals surface area contributed by atoms with Crippen molar-refractivity contribution in [3.8, 4) is 0 Å². The minimum Gasteiger partial charge on any atom is -0.342 e. The molecule has 2 aromatic carbocycles. The summed E-state index contributed by atoms with van der Waals surface area (Å²) in [6.45, 7) is 2.14. The lowest BCUT2D eigenvalue weighted by Gasteiger charge is -2.36. The van der Waals surface area contributed by atoms with Crippen LogP contribution < -0.4 is 0 Å². The van der Waals surface area contributed by atoms with Crippen LogP contribution in [-0.4, -0.2) is 28.5 Å². The van der Waals surface area contributed by atoms with Crippen LogP contribution in [0.1, 0.15) is 29.1 Å². The van der Waals surface area contributed by atoms with E-state index in [0.717, 1.165) is 0 Å². The summed E-state index contributed by atoms with van der Waals surface area (Å²) in [5.41, 5.74) is 1.12. The van der Waals surface area contributed by atoms with Crippen LogP contribution in [0.2, 0.25) is 0 Å². The van der Waals surface area contributed by atoms with Crippen LogP contribution >= 0.6 is 0 Å². The Morgan fingerprint density at radius 3 is 2.46 bits per heavy atom. The zero-order valence-electron chi connectivity index (χ0n) is 13.0. The average molecular weight is 328 g/mol.